The van der Waals surface area contributed by atoms with E-state index in [-0.39, 0.29) is 37.4 Å². The number of fused-ring (bicyclic) bond motifs is 5. The normalized spacial score (nSPS) is 47.3. The molecule has 0 aromatic rings. The molecule has 0 aromatic heterocycles. The third-order valence-corrected chi connectivity index (χ3v) is 16.1. The number of rotatable bonds is 16. The molecule has 0 aromatic carbocycles. The maximum Gasteiger partial charge on any atom is 0.397 e. The van der Waals surface area contributed by atoms with Crippen molar-refractivity contribution in [3.05, 3.63) is 11.6 Å². The van der Waals surface area contributed by atoms with E-state index in [1.54, 1.807) is 0 Å². The second-order valence-corrected chi connectivity index (χ2v) is 20.5. The van der Waals surface area contributed by atoms with Crippen LogP contribution >= 0.6 is 0 Å². The highest BCUT2D eigenvalue weighted by Gasteiger charge is 2.73. The summed E-state index contributed by atoms with van der Waals surface area (Å²) in [5, 5.41) is 97.5. The van der Waals surface area contributed by atoms with Gasteiger partial charge in [-0.2, -0.15) is 8.42 Å². The summed E-state index contributed by atoms with van der Waals surface area (Å²) in [4.78, 5) is 0. The highest BCUT2D eigenvalue weighted by atomic mass is 32.3. The fourth-order valence-corrected chi connectivity index (χ4v) is 13.2. The van der Waals surface area contributed by atoms with Crippen molar-refractivity contribution in [3.8, 4) is 0 Å². The molecule has 18 nitrogen and oxygen atoms in total. The zero-order valence-electron chi connectivity index (χ0n) is 35.5. The van der Waals surface area contributed by atoms with Gasteiger partial charge in [0, 0.05) is 19.4 Å². The molecule has 6 rings (SSSR count). The van der Waals surface area contributed by atoms with Crippen LogP contribution in [0.15, 0.2) is 11.6 Å². The Morgan fingerprint density at radius 2 is 1.62 bits per heavy atom. The molecular weight excluding hydrogens is 813 g/mol. The Kier molecular flexibility index (Phi) is 15.0. The molecule has 60 heavy (non-hydrogen) atoms. The molecule has 2 saturated heterocycles. The van der Waals surface area contributed by atoms with E-state index in [4.69, 9.17) is 27.9 Å². The van der Waals surface area contributed by atoms with Crippen molar-refractivity contribution < 1.29 is 86.8 Å². The minimum absolute atomic E-state index is 0.0983. The van der Waals surface area contributed by atoms with E-state index in [1.165, 1.54) is 7.11 Å². The van der Waals surface area contributed by atoms with Crippen LogP contribution in [0, 0.1) is 46.3 Å². The van der Waals surface area contributed by atoms with E-state index in [0.717, 1.165) is 0 Å². The number of hydrogen-bond donors (Lipinski definition) is 10. The van der Waals surface area contributed by atoms with Gasteiger partial charge >= 0.3 is 10.4 Å². The van der Waals surface area contributed by atoms with E-state index >= 15 is 0 Å². The lowest BCUT2D eigenvalue weighted by atomic mass is 9.43. The molecule has 0 amide bonds. The molecule has 5 fully saturated rings. The Balaban J connectivity index is 1.18. The van der Waals surface area contributed by atoms with Crippen LogP contribution < -0.4 is 0 Å². The summed E-state index contributed by atoms with van der Waals surface area (Å²) in [5.74, 6) is -1.97. The molecular formula is C41H70O18S. The average Bonchev–Trinajstić information content (AvgIpc) is 3.57. The van der Waals surface area contributed by atoms with Crippen LogP contribution in [-0.2, 0) is 38.3 Å². The molecule has 21 unspecified atom stereocenters. The van der Waals surface area contributed by atoms with Crippen molar-refractivity contribution in [1.82, 2.24) is 0 Å². The van der Waals surface area contributed by atoms with Crippen LogP contribution in [0.25, 0.3) is 0 Å². The van der Waals surface area contributed by atoms with Gasteiger partial charge in [0.2, 0.25) is 0 Å². The maximum atomic E-state index is 13.0. The Morgan fingerprint density at radius 1 is 0.917 bits per heavy atom. The summed E-state index contributed by atoms with van der Waals surface area (Å²) >= 11 is 0. The molecule has 10 N–H and O–H groups in total. The molecule has 19 heteroatoms. The smallest absolute Gasteiger partial charge is 0.394 e. The van der Waals surface area contributed by atoms with E-state index in [1.807, 2.05) is 26.8 Å². The van der Waals surface area contributed by atoms with E-state index < -0.39 is 131 Å². The highest BCUT2D eigenvalue weighted by Crippen LogP contribution is 2.70. The molecule has 3 saturated carbocycles. The van der Waals surface area contributed by atoms with Gasteiger partial charge in [0.05, 0.1) is 43.7 Å². The zero-order chi connectivity index (χ0) is 44.3. The molecule has 0 radical (unpaired) electrons. The second-order valence-electron chi connectivity index (χ2n) is 19.4. The first-order valence-corrected chi connectivity index (χ1v) is 22.9. The fourth-order valence-electron chi connectivity index (χ4n) is 12.6. The molecule has 21 atom stereocenters. The number of ether oxygens (including phenoxy) is 5. The van der Waals surface area contributed by atoms with Crippen molar-refractivity contribution in [3.63, 3.8) is 0 Å². The van der Waals surface area contributed by atoms with Gasteiger partial charge in [-0.25, -0.2) is 4.18 Å². The van der Waals surface area contributed by atoms with Crippen molar-refractivity contribution in [2.75, 3.05) is 26.9 Å². The first kappa shape index (κ1) is 48.5. The summed E-state index contributed by atoms with van der Waals surface area (Å²) < 4.78 is 68.8. The minimum Gasteiger partial charge on any atom is -0.394 e. The molecule has 2 aliphatic heterocycles. The number of methoxy groups -OCH3 is 1. The Hall–Kier alpha value is -0.950. The molecule has 0 spiro atoms. The summed E-state index contributed by atoms with van der Waals surface area (Å²) in [7, 11) is -3.71. The predicted octanol–water partition coefficient (Wildman–Crippen LogP) is -0.207. The third kappa shape index (κ3) is 9.01. The van der Waals surface area contributed by atoms with Gasteiger partial charge in [-0.1, -0.05) is 47.1 Å². The molecule has 4 aliphatic carbocycles. The SMILES string of the molecule is COC1C(OC2C=C3C(O)CC4(O)C(CCC5(C)C(C(C)CCC(CCOC6OC(C(O)CO)C(O)C6O)C(C)C)C(O)C(OS(=O)(=O)O)C54)C3(C)CC2)OCC(O)C1O. The molecule has 0 bridgehead atoms. The van der Waals surface area contributed by atoms with Gasteiger partial charge < -0.3 is 69.6 Å². The van der Waals surface area contributed by atoms with Gasteiger partial charge in [-0.15, -0.1) is 0 Å². The van der Waals surface area contributed by atoms with Crippen LogP contribution in [0.2, 0.25) is 0 Å². The van der Waals surface area contributed by atoms with E-state index in [9.17, 15) is 58.9 Å². The maximum absolute atomic E-state index is 13.0. The second kappa shape index (κ2) is 18.5. The molecule has 2 heterocycles. The monoisotopic (exact) mass is 882 g/mol. The quantitative estimate of drug-likeness (QED) is 0.0709. The van der Waals surface area contributed by atoms with Crippen LogP contribution in [0.1, 0.15) is 86.0 Å². The zero-order valence-corrected chi connectivity index (χ0v) is 36.3. The van der Waals surface area contributed by atoms with E-state index in [2.05, 4.69) is 13.8 Å². The van der Waals surface area contributed by atoms with Gasteiger partial charge in [0.25, 0.3) is 0 Å². The lowest BCUT2D eigenvalue weighted by Crippen LogP contribution is -2.66. The highest BCUT2D eigenvalue weighted by molar-refractivity contribution is 7.80. The summed E-state index contributed by atoms with van der Waals surface area (Å²) in [6.45, 7) is 9.39. The van der Waals surface area contributed by atoms with Crippen molar-refractivity contribution in [1.29, 1.82) is 0 Å². The topological polar surface area (TPSA) is 292 Å². The summed E-state index contributed by atoms with van der Waals surface area (Å²) in [6.07, 6.45) is -10.1. The summed E-state index contributed by atoms with van der Waals surface area (Å²) in [6, 6.07) is 0. The van der Waals surface area contributed by atoms with E-state index in [0.29, 0.717) is 50.5 Å². The van der Waals surface area contributed by atoms with Crippen LogP contribution in [0.5, 0.6) is 0 Å². The van der Waals surface area contributed by atoms with Crippen LogP contribution in [0.4, 0.5) is 0 Å². The third-order valence-electron chi connectivity index (χ3n) is 15.6. The van der Waals surface area contributed by atoms with Crippen LogP contribution in [0.3, 0.4) is 0 Å². The minimum atomic E-state index is -5.09. The Labute approximate surface area is 352 Å². The van der Waals surface area contributed by atoms with Gasteiger partial charge in [-0.3, -0.25) is 4.55 Å². The Bertz CT molecular complexity index is 1600. The van der Waals surface area contributed by atoms with Gasteiger partial charge in [0.1, 0.15) is 48.8 Å². The average molecular weight is 883 g/mol. The number of aliphatic hydroxyl groups is 9. The predicted molar refractivity (Wildman–Crippen MR) is 210 cm³/mol. The summed E-state index contributed by atoms with van der Waals surface area (Å²) in [5.41, 5.74) is -2.69. The number of aliphatic hydroxyl groups excluding tert-OH is 8. The molecule has 6 aliphatic rings. The standard InChI is InChI=1S/C41H70O18S/c1-19(2)21(11-14-55-37-32(49)31(48)33(58-37)25(44)17-42)8-7-20(3)28-30(47)34(59-60(51,52)53)36-40(28,5)13-10-27-39(4)12-9-22(15-23(39)24(43)16-41(27,36)50)57-38-35(54-6)29(46)26(45)18-56-38/h15,19-22,24-38,42-50H,7-14,16-18H2,1-6H3,(H,51,52,53). The fraction of sp³-hybridized carbons (Fsp3) is 0.951. The lowest BCUT2D eigenvalue weighted by Gasteiger charge is -2.64. The first-order valence-electron chi connectivity index (χ1n) is 21.6. The first-order chi connectivity index (χ1) is 28.0. The van der Waals surface area contributed by atoms with Gasteiger partial charge in [-0.05, 0) is 84.5 Å². The lowest BCUT2D eigenvalue weighted by molar-refractivity contribution is -0.285. The van der Waals surface area contributed by atoms with Crippen LogP contribution in [-0.4, -0.2) is 171 Å². The van der Waals surface area contributed by atoms with Crippen molar-refractivity contribution in [2.45, 2.75) is 171 Å². The Morgan fingerprint density at radius 3 is 2.25 bits per heavy atom. The molecule has 348 valence electrons. The van der Waals surface area contributed by atoms with Crippen molar-refractivity contribution in [2.24, 2.45) is 46.3 Å². The van der Waals surface area contributed by atoms with Gasteiger partial charge in [0.15, 0.2) is 12.6 Å². The number of hydrogen-bond acceptors (Lipinski definition) is 17. The largest absolute Gasteiger partial charge is 0.397 e. The van der Waals surface area contributed by atoms with Crippen molar-refractivity contribution >= 4 is 10.4 Å².